The second-order valence-electron chi connectivity index (χ2n) is 3.16. The lowest BCUT2D eigenvalue weighted by atomic mass is 10.2. The van der Waals surface area contributed by atoms with Crippen LogP contribution >= 0.6 is 36.2 Å². The van der Waals surface area contributed by atoms with E-state index in [1.165, 1.54) is 23.3 Å². The average molecular weight is 285 g/mol. The lowest BCUT2D eigenvalue weighted by Crippen LogP contribution is -2.11. The molecule has 0 radical (unpaired) electrons. The molecule has 2 heterocycles. The fourth-order valence-corrected chi connectivity index (χ4v) is 2.47. The number of hydrogen-bond acceptors (Lipinski definition) is 5. The highest BCUT2D eigenvalue weighted by molar-refractivity contribution is 7.13. The molecule has 2 rings (SSSR count). The Morgan fingerprint density at radius 3 is 2.94 bits per heavy atom. The number of esters is 1. The van der Waals surface area contributed by atoms with Gasteiger partial charge in [-0.15, -0.1) is 36.2 Å². The maximum absolute atomic E-state index is 11.2. The molecule has 0 fully saturated rings. The van der Waals surface area contributed by atoms with E-state index >= 15 is 0 Å². The van der Waals surface area contributed by atoms with E-state index in [1.807, 2.05) is 0 Å². The number of nitrogens with one attached hydrogen (secondary N) is 1. The van der Waals surface area contributed by atoms with E-state index in [4.69, 9.17) is 0 Å². The molecule has 0 aromatic carbocycles. The molecule has 1 aliphatic rings. The van der Waals surface area contributed by atoms with Gasteiger partial charge in [-0.2, -0.15) is 0 Å². The number of fused-ring (bicyclic) bond motifs is 1. The van der Waals surface area contributed by atoms with Crippen LogP contribution in [0.3, 0.4) is 0 Å². The highest BCUT2D eigenvalue weighted by atomic mass is 35.5. The lowest BCUT2D eigenvalue weighted by Gasteiger charge is -1.95. The summed E-state index contributed by atoms with van der Waals surface area (Å²) >= 11 is 1.43. The number of halogens is 2. The number of rotatable bonds is 1. The van der Waals surface area contributed by atoms with Crippen LogP contribution in [0.5, 0.6) is 0 Å². The number of ether oxygens (including phenoxy) is 1. The van der Waals surface area contributed by atoms with Crippen molar-refractivity contribution in [3.63, 3.8) is 0 Å². The number of thiazole rings is 1. The first-order chi connectivity index (χ1) is 6.81. The van der Waals surface area contributed by atoms with Gasteiger partial charge in [-0.25, -0.2) is 9.78 Å². The molecular formula is C9H14Cl2N2O2S. The number of hydrogen-bond donors (Lipinski definition) is 1. The Bertz CT molecular complexity index is 334. The molecule has 0 amide bonds. The summed E-state index contributed by atoms with van der Waals surface area (Å²) in [6.07, 6.45) is 2.03. The second kappa shape index (κ2) is 7.06. The van der Waals surface area contributed by atoms with Crippen molar-refractivity contribution >= 4 is 42.1 Å². The fourth-order valence-electron chi connectivity index (χ4n) is 1.47. The smallest absolute Gasteiger partial charge is 0.367 e. The van der Waals surface area contributed by atoms with Crippen LogP contribution in [0.4, 0.5) is 0 Å². The summed E-state index contributed by atoms with van der Waals surface area (Å²) in [7, 11) is 1.38. The van der Waals surface area contributed by atoms with Gasteiger partial charge in [0.25, 0.3) is 0 Å². The van der Waals surface area contributed by atoms with Gasteiger partial charge in [-0.05, 0) is 19.4 Å². The number of methoxy groups -OCH3 is 1. The molecule has 0 bridgehead atoms. The quantitative estimate of drug-likeness (QED) is 0.800. The molecule has 7 heteroatoms. The molecule has 0 saturated carbocycles. The molecule has 0 spiro atoms. The number of nitrogens with zero attached hydrogens (tertiary/aromatic N) is 1. The molecule has 1 aliphatic heterocycles. The predicted molar refractivity (Wildman–Crippen MR) is 68.0 cm³/mol. The van der Waals surface area contributed by atoms with Gasteiger partial charge in [0.2, 0.25) is 5.01 Å². The Labute approximate surface area is 111 Å². The first-order valence-electron chi connectivity index (χ1n) is 4.59. The minimum absolute atomic E-state index is 0. The molecule has 0 aliphatic carbocycles. The van der Waals surface area contributed by atoms with Crippen molar-refractivity contribution in [2.45, 2.75) is 19.4 Å². The van der Waals surface area contributed by atoms with Crippen LogP contribution in [0.2, 0.25) is 0 Å². The van der Waals surface area contributed by atoms with Gasteiger partial charge in [-0.3, -0.25) is 0 Å². The monoisotopic (exact) mass is 284 g/mol. The summed E-state index contributed by atoms with van der Waals surface area (Å²) < 4.78 is 4.63. The van der Waals surface area contributed by atoms with E-state index in [0.717, 1.165) is 31.6 Å². The highest BCUT2D eigenvalue weighted by Gasteiger charge is 2.17. The largest absolute Gasteiger partial charge is 0.464 e. The summed E-state index contributed by atoms with van der Waals surface area (Å²) in [5.41, 5.74) is 1.06. The Morgan fingerprint density at radius 1 is 1.50 bits per heavy atom. The molecule has 1 N–H and O–H groups in total. The first kappa shape index (κ1) is 15.6. The van der Waals surface area contributed by atoms with Crippen LogP contribution in [0.25, 0.3) is 0 Å². The lowest BCUT2D eigenvalue weighted by molar-refractivity contribution is 0.0600. The van der Waals surface area contributed by atoms with Crippen LogP contribution in [0.15, 0.2) is 0 Å². The van der Waals surface area contributed by atoms with E-state index < -0.39 is 0 Å². The average Bonchev–Trinajstić information content (AvgIpc) is 2.49. The molecule has 16 heavy (non-hydrogen) atoms. The molecule has 0 saturated heterocycles. The van der Waals surface area contributed by atoms with E-state index in [-0.39, 0.29) is 30.8 Å². The maximum Gasteiger partial charge on any atom is 0.367 e. The number of aromatic nitrogens is 1. The van der Waals surface area contributed by atoms with Gasteiger partial charge in [-0.1, -0.05) is 0 Å². The van der Waals surface area contributed by atoms with Gasteiger partial charge in [0, 0.05) is 11.4 Å². The van der Waals surface area contributed by atoms with Crippen molar-refractivity contribution in [1.82, 2.24) is 10.3 Å². The summed E-state index contributed by atoms with van der Waals surface area (Å²) in [5.74, 6) is -0.330. The first-order valence-corrected chi connectivity index (χ1v) is 5.40. The summed E-state index contributed by atoms with van der Waals surface area (Å²) in [5, 5.41) is 3.77. The number of carbonyl (C=O) groups is 1. The zero-order valence-electron chi connectivity index (χ0n) is 8.82. The zero-order valence-corrected chi connectivity index (χ0v) is 11.3. The Kier molecular flexibility index (Phi) is 6.90. The van der Waals surface area contributed by atoms with E-state index in [9.17, 15) is 4.79 Å². The van der Waals surface area contributed by atoms with Crippen molar-refractivity contribution in [1.29, 1.82) is 0 Å². The van der Waals surface area contributed by atoms with E-state index in [1.54, 1.807) is 0 Å². The highest BCUT2D eigenvalue weighted by Crippen LogP contribution is 2.22. The van der Waals surface area contributed by atoms with Crippen molar-refractivity contribution in [3.8, 4) is 0 Å². The Balaban J connectivity index is 0.00000112. The molecule has 0 unspecified atom stereocenters. The minimum atomic E-state index is -0.330. The fraction of sp³-hybridized carbons (Fsp3) is 0.556. The van der Waals surface area contributed by atoms with Crippen molar-refractivity contribution in [2.24, 2.45) is 0 Å². The number of carbonyl (C=O) groups excluding carboxylic acids is 1. The third-order valence-corrected chi connectivity index (χ3v) is 3.27. The van der Waals surface area contributed by atoms with Crippen molar-refractivity contribution < 1.29 is 9.53 Å². The Morgan fingerprint density at radius 2 is 2.25 bits per heavy atom. The van der Waals surface area contributed by atoms with Crippen molar-refractivity contribution in [3.05, 3.63) is 15.6 Å². The van der Waals surface area contributed by atoms with Crippen LogP contribution in [-0.4, -0.2) is 24.6 Å². The molecular weight excluding hydrogens is 271 g/mol. The molecule has 1 aromatic rings. The van der Waals surface area contributed by atoms with Gasteiger partial charge < -0.3 is 10.1 Å². The van der Waals surface area contributed by atoms with Gasteiger partial charge in [0.15, 0.2) is 0 Å². The van der Waals surface area contributed by atoms with E-state index in [2.05, 4.69) is 15.0 Å². The van der Waals surface area contributed by atoms with Crippen LogP contribution < -0.4 is 5.32 Å². The number of aryl methyl sites for hydroxylation is 1. The van der Waals surface area contributed by atoms with Crippen LogP contribution in [0, 0.1) is 0 Å². The molecule has 4 nitrogen and oxygen atoms in total. The molecule has 0 atom stereocenters. The summed E-state index contributed by atoms with van der Waals surface area (Å²) in [6, 6.07) is 0. The normalized spacial score (nSPS) is 13.8. The predicted octanol–water partition coefficient (Wildman–Crippen LogP) is 1.81. The minimum Gasteiger partial charge on any atom is -0.464 e. The third kappa shape index (κ3) is 3.31. The Hall–Kier alpha value is -0.360. The van der Waals surface area contributed by atoms with Gasteiger partial charge in [0.05, 0.1) is 12.8 Å². The maximum atomic E-state index is 11.2. The third-order valence-electron chi connectivity index (χ3n) is 2.19. The van der Waals surface area contributed by atoms with Gasteiger partial charge in [0.1, 0.15) is 0 Å². The summed E-state index contributed by atoms with van der Waals surface area (Å²) in [6.45, 7) is 1.85. The van der Waals surface area contributed by atoms with Crippen LogP contribution in [-0.2, 0) is 17.7 Å². The summed E-state index contributed by atoms with van der Waals surface area (Å²) in [4.78, 5) is 16.7. The SMILES string of the molecule is COC(=O)c1nc2c(s1)CNCCC2.Cl.Cl. The topological polar surface area (TPSA) is 51.2 Å². The zero-order chi connectivity index (χ0) is 9.97. The molecule has 1 aromatic heterocycles. The second-order valence-corrected chi connectivity index (χ2v) is 4.24. The van der Waals surface area contributed by atoms with E-state index in [0.29, 0.717) is 5.01 Å². The van der Waals surface area contributed by atoms with Gasteiger partial charge >= 0.3 is 5.97 Å². The van der Waals surface area contributed by atoms with Crippen molar-refractivity contribution in [2.75, 3.05) is 13.7 Å². The molecule has 92 valence electrons. The van der Waals surface area contributed by atoms with Crippen LogP contribution in [0.1, 0.15) is 26.8 Å². The standard InChI is InChI=1S/C9H12N2O2S.2ClH/c1-13-9(12)8-11-6-3-2-4-10-5-7(6)14-8;;/h10H,2-5H2,1H3;2*1H.